The molecule has 0 aliphatic rings. The number of anilines is 1. The average Bonchev–Trinajstić information content (AvgIpc) is 2.56. The molecule has 0 bridgehead atoms. The molecule has 24 heavy (non-hydrogen) atoms. The summed E-state index contributed by atoms with van der Waals surface area (Å²) in [7, 11) is 7.00. The van der Waals surface area contributed by atoms with E-state index >= 15 is 0 Å². The second-order valence-corrected chi connectivity index (χ2v) is 5.49. The highest BCUT2D eigenvalue weighted by molar-refractivity contribution is 5.79. The summed E-state index contributed by atoms with van der Waals surface area (Å²) in [5, 5.41) is 6.37. The van der Waals surface area contributed by atoms with Gasteiger partial charge in [-0.3, -0.25) is 4.99 Å². The number of nitrogens with one attached hydrogen (secondary N) is 2. The normalized spacial score (nSPS) is 11.5. The number of rotatable bonds is 10. The summed E-state index contributed by atoms with van der Waals surface area (Å²) in [4.78, 5) is 5.90. The number of nitrogens with zero attached hydrogens (tertiary/aromatic N) is 2. The van der Waals surface area contributed by atoms with Crippen LogP contribution in [0, 0.1) is 5.82 Å². The van der Waals surface area contributed by atoms with Crippen LogP contribution in [0.4, 0.5) is 10.1 Å². The molecule has 1 aromatic carbocycles. The van der Waals surface area contributed by atoms with Crippen LogP contribution in [0.15, 0.2) is 23.2 Å². The van der Waals surface area contributed by atoms with Gasteiger partial charge in [-0.25, -0.2) is 4.39 Å². The number of benzene rings is 1. The molecule has 2 N–H and O–H groups in total. The molecule has 1 rings (SSSR count). The van der Waals surface area contributed by atoms with E-state index in [-0.39, 0.29) is 5.82 Å². The number of ether oxygens (including phenoxy) is 2. The van der Waals surface area contributed by atoms with E-state index in [0.29, 0.717) is 38.0 Å². The topological polar surface area (TPSA) is 58.1 Å². The third-order valence-electron chi connectivity index (χ3n) is 3.37. The first-order valence-corrected chi connectivity index (χ1v) is 8.05. The summed E-state index contributed by atoms with van der Waals surface area (Å²) in [6, 6.07) is 5.22. The highest BCUT2D eigenvalue weighted by atomic mass is 19.1. The molecule has 7 heteroatoms. The average molecular weight is 340 g/mol. The van der Waals surface area contributed by atoms with E-state index in [1.165, 1.54) is 0 Å². The minimum atomic E-state index is -0.226. The van der Waals surface area contributed by atoms with Gasteiger partial charge in [-0.05, 0) is 24.1 Å². The van der Waals surface area contributed by atoms with Gasteiger partial charge in [-0.1, -0.05) is 6.07 Å². The number of methoxy groups -OCH3 is 1. The van der Waals surface area contributed by atoms with Crippen molar-refractivity contribution in [3.05, 3.63) is 29.6 Å². The van der Waals surface area contributed by atoms with Crippen molar-refractivity contribution in [1.82, 2.24) is 10.6 Å². The SMILES string of the molecule is CN=C(NCCCOCCOC)NCc1ccc(N(C)C)c(F)c1. The standard InChI is InChI=1S/C17H29FN4O2/c1-19-17(20-8-5-9-24-11-10-23-4)21-13-14-6-7-16(22(2)3)15(18)12-14/h6-7,12H,5,8-11,13H2,1-4H3,(H2,19,20,21). The monoisotopic (exact) mass is 340 g/mol. The van der Waals surface area contributed by atoms with Gasteiger partial charge in [0.1, 0.15) is 5.82 Å². The van der Waals surface area contributed by atoms with Gasteiger partial charge >= 0.3 is 0 Å². The zero-order valence-electron chi connectivity index (χ0n) is 15.1. The van der Waals surface area contributed by atoms with Crippen molar-refractivity contribution in [3.8, 4) is 0 Å². The van der Waals surface area contributed by atoms with Gasteiger partial charge in [0.2, 0.25) is 0 Å². The zero-order chi connectivity index (χ0) is 17.8. The summed E-state index contributed by atoms with van der Waals surface area (Å²) in [5.41, 5.74) is 1.44. The molecule has 6 nitrogen and oxygen atoms in total. The summed E-state index contributed by atoms with van der Waals surface area (Å²) >= 11 is 0. The summed E-state index contributed by atoms with van der Waals surface area (Å²) < 4.78 is 24.2. The molecule has 0 aliphatic carbocycles. The Labute approximate surface area is 144 Å². The minimum Gasteiger partial charge on any atom is -0.382 e. The predicted molar refractivity (Wildman–Crippen MR) is 96.2 cm³/mol. The fourth-order valence-corrected chi connectivity index (χ4v) is 2.05. The van der Waals surface area contributed by atoms with Crippen molar-refractivity contribution in [2.45, 2.75) is 13.0 Å². The van der Waals surface area contributed by atoms with Gasteiger partial charge in [0.05, 0.1) is 18.9 Å². The van der Waals surface area contributed by atoms with Crippen molar-refractivity contribution < 1.29 is 13.9 Å². The molecule has 0 saturated heterocycles. The van der Waals surface area contributed by atoms with E-state index < -0.39 is 0 Å². The van der Waals surface area contributed by atoms with Crippen LogP contribution in [0.2, 0.25) is 0 Å². The van der Waals surface area contributed by atoms with E-state index in [9.17, 15) is 4.39 Å². The number of guanidine groups is 1. The van der Waals surface area contributed by atoms with Gasteiger partial charge < -0.3 is 25.0 Å². The lowest BCUT2D eigenvalue weighted by molar-refractivity contribution is 0.0698. The van der Waals surface area contributed by atoms with Crippen LogP contribution >= 0.6 is 0 Å². The number of halogens is 1. The molecule has 1 aromatic rings. The first kappa shape index (κ1) is 20.2. The van der Waals surface area contributed by atoms with Gasteiger partial charge in [-0.2, -0.15) is 0 Å². The third-order valence-corrected chi connectivity index (χ3v) is 3.37. The quantitative estimate of drug-likeness (QED) is 0.385. The zero-order valence-corrected chi connectivity index (χ0v) is 15.1. The Balaban J connectivity index is 2.30. The van der Waals surface area contributed by atoms with Crippen LogP contribution in [0.5, 0.6) is 0 Å². The van der Waals surface area contributed by atoms with Crippen molar-refractivity contribution >= 4 is 11.6 Å². The predicted octanol–water partition coefficient (Wildman–Crippen LogP) is 1.61. The van der Waals surface area contributed by atoms with E-state index in [0.717, 1.165) is 18.5 Å². The molecule has 0 fully saturated rings. The molecular formula is C17H29FN4O2. The van der Waals surface area contributed by atoms with Gasteiger partial charge in [0.15, 0.2) is 5.96 Å². The smallest absolute Gasteiger partial charge is 0.191 e. The van der Waals surface area contributed by atoms with Crippen LogP contribution in [0.1, 0.15) is 12.0 Å². The molecule has 0 radical (unpaired) electrons. The molecule has 0 amide bonds. The Bertz CT molecular complexity index is 509. The highest BCUT2D eigenvalue weighted by Gasteiger charge is 2.05. The largest absolute Gasteiger partial charge is 0.382 e. The Kier molecular flexibility index (Phi) is 9.79. The van der Waals surface area contributed by atoms with Gasteiger partial charge in [-0.15, -0.1) is 0 Å². The van der Waals surface area contributed by atoms with Crippen LogP contribution in [0.25, 0.3) is 0 Å². The maximum Gasteiger partial charge on any atom is 0.191 e. The summed E-state index contributed by atoms with van der Waals surface area (Å²) in [6.07, 6.45) is 0.872. The second kappa shape index (κ2) is 11.6. The Morgan fingerprint density at radius 1 is 1.21 bits per heavy atom. The Morgan fingerprint density at radius 3 is 2.62 bits per heavy atom. The third kappa shape index (κ3) is 7.61. The van der Waals surface area contributed by atoms with E-state index in [4.69, 9.17) is 9.47 Å². The second-order valence-electron chi connectivity index (χ2n) is 5.49. The van der Waals surface area contributed by atoms with Crippen molar-refractivity contribution in [3.63, 3.8) is 0 Å². The number of hydrogen-bond donors (Lipinski definition) is 2. The van der Waals surface area contributed by atoms with Crippen LogP contribution in [0.3, 0.4) is 0 Å². The molecule has 0 aromatic heterocycles. The first-order valence-electron chi connectivity index (χ1n) is 8.05. The first-order chi connectivity index (χ1) is 11.6. The van der Waals surface area contributed by atoms with Gasteiger partial charge in [0, 0.05) is 47.9 Å². The summed E-state index contributed by atoms with van der Waals surface area (Å²) in [6.45, 7) is 3.15. The Morgan fingerprint density at radius 2 is 2.00 bits per heavy atom. The minimum absolute atomic E-state index is 0.226. The molecule has 0 aliphatic heterocycles. The lowest BCUT2D eigenvalue weighted by Gasteiger charge is -2.15. The number of hydrogen-bond acceptors (Lipinski definition) is 4. The van der Waals surface area contributed by atoms with Gasteiger partial charge in [0.25, 0.3) is 0 Å². The fourth-order valence-electron chi connectivity index (χ4n) is 2.05. The lowest BCUT2D eigenvalue weighted by atomic mass is 10.2. The lowest BCUT2D eigenvalue weighted by Crippen LogP contribution is -2.37. The molecule has 0 heterocycles. The van der Waals surface area contributed by atoms with E-state index in [1.807, 2.05) is 20.2 Å². The molecule has 0 atom stereocenters. The maximum atomic E-state index is 13.9. The molecular weight excluding hydrogens is 311 g/mol. The summed E-state index contributed by atoms with van der Waals surface area (Å²) in [5.74, 6) is 0.458. The fraction of sp³-hybridized carbons (Fsp3) is 0.588. The van der Waals surface area contributed by atoms with Crippen LogP contribution in [-0.4, -0.2) is 60.6 Å². The Hall–Kier alpha value is -1.86. The maximum absolute atomic E-state index is 13.9. The molecule has 136 valence electrons. The van der Waals surface area contributed by atoms with Crippen molar-refractivity contribution in [1.29, 1.82) is 0 Å². The molecule has 0 spiro atoms. The molecule has 0 saturated carbocycles. The molecule has 0 unspecified atom stereocenters. The van der Waals surface area contributed by atoms with Crippen molar-refractivity contribution in [2.75, 3.05) is 59.5 Å². The highest BCUT2D eigenvalue weighted by Crippen LogP contribution is 2.18. The van der Waals surface area contributed by atoms with E-state index in [2.05, 4.69) is 15.6 Å². The van der Waals surface area contributed by atoms with E-state index in [1.54, 1.807) is 31.2 Å². The number of aliphatic imine (C=N–C) groups is 1. The van der Waals surface area contributed by atoms with Crippen molar-refractivity contribution in [2.24, 2.45) is 4.99 Å². The van der Waals surface area contributed by atoms with Crippen LogP contribution in [-0.2, 0) is 16.0 Å². The van der Waals surface area contributed by atoms with Crippen LogP contribution < -0.4 is 15.5 Å².